The van der Waals surface area contributed by atoms with E-state index in [1.807, 2.05) is 6.07 Å². The van der Waals surface area contributed by atoms with E-state index in [1.165, 1.54) is 6.07 Å². The molecule has 1 aromatic rings. The standard InChI is InChI=1S/C14H20N2O3/c1-10-11(7-5-8-13(10)16(18)19)15-12-6-3-2-4-9-14(12)17/h5,7-8,12,14-15,17H,2-4,6,9H2,1H3. The summed E-state index contributed by atoms with van der Waals surface area (Å²) in [5.74, 6) is 0. The molecule has 0 aliphatic heterocycles. The van der Waals surface area contributed by atoms with Crippen LogP contribution < -0.4 is 5.32 Å². The Labute approximate surface area is 112 Å². The highest BCUT2D eigenvalue weighted by Gasteiger charge is 2.23. The lowest BCUT2D eigenvalue weighted by Gasteiger charge is -2.23. The summed E-state index contributed by atoms with van der Waals surface area (Å²) in [6.45, 7) is 1.74. The molecule has 0 aromatic heterocycles. The van der Waals surface area contributed by atoms with Crippen LogP contribution in [0.25, 0.3) is 0 Å². The second kappa shape index (κ2) is 6.02. The summed E-state index contributed by atoms with van der Waals surface area (Å²) in [6, 6.07) is 5.00. The maximum atomic E-state index is 10.9. The minimum Gasteiger partial charge on any atom is -0.391 e. The lowest BCUT2D eigenvalue weighted by molar-refractivity contribution is -0.385. The Kier molecular flexibility index (Phi) is 4.37. The zero-order valence-electron chi connectivity index (χ0n) is 11.1. The Bertz CT molecular complexity index is 462. The summed E-state index contributed by atoms with van der Waals surface area (Å²) in [4.78, 5) is 10.5. The van der Waals surface area contributed by atoms with Gasteiger partial charge in [-0.05, 0) is 25.8 Å². The first-order valence-corrected chi connectivity index (χ1v) is 6.78. The number of hydrogen-bond acceptors (Lipinski definition) is 4. The van der Waals surface area contributed by atoms with E-state index < -0.39 is 0 Å². The maximum Gasteiger partial charge on any atom is 0.274 e. The van der Waals surface area contributed by atoms with Crippen LogP contribution in [0.1, 0.15) is 37.7 Å². The molecule has 0 amide bonds. The van der Waals surface area contributed by atoms with Crippen LogP contribution in [0.2, 0.25) is 0 Å². The van der Waals surface area contributed by atoms with E-state index in [1.54, 1.807) is 13.0 Å². The highest BCUT2D eigenvalue weighted by atomic mass is 16.6. The van der Waals surface area contributed by atoms with E-state index in [0.717, 1.165) is 37.8 Å². The number of hydrogen-bond donors (Lipinski definition) is 2. The van der Waals surface area contributed by atoms with Crippen molar-refractivity contribution in [2.24, 2.45) is 0 Å². The summed E-state index contributed by atoms with van der Waals surface area (Å²) in [7, 11) is 0. The largest absolute Gasteiger partial charge is 0.391 e. The highest BCUT2D eigenvalue weighted by Crippen LogP contribution is 2.28. The predicted octanol–water partition coefficient (Wildman–Crippen LogP) is 3.01. The Hall–Kier alpha value is -1.62. The minimum absolute atomic E-state index is 0.0109. The SMILES string of the molecule is Cc1c(NC2CCCCCC2O)cccc1[N+](=O)[O-]. The van der Waals surface area contributed by atoms with E-state index in [2.05, 4.69) is 5.32 Å². The molecule has 0 heterocycles. The zero-order chi connectivity index (χ0) is 13.8. The van der Waals surface area contributed by atoms with Crippen molar-refractivity contribution in [2.75, 3.05) is 5.32 Å². The first kappa shape index (κ1) is 13.8. The fraction of sp³-hybridized carbons (Fsp3) is 0.571. The number of anilines is 1. The number of rotatable bonds is 3. The summed E-state index contributed by atoms with van der Waals surface area (Å²) >= 11 is 0. The normalized spacial score (nSPS) is 23.7. The molecule has 0 spiro atoms. The quantitative estimate of drug-likeness (QED) is 0.500. The number of benzene rings is 1. The first-order valence-electron chi connectivity index (χ1n) is 6.78. The first-order chi connectivity index (χ1) is 9.09. The molecule has 104 valence electrons. The topological polar surface area (TPSA) is 75.4 Å². The number of aliphatic hydroxyl groups is 1. The van der Waals surface area contributed by atoms with E-state index in [9.17, 15) is 15.2 Å². The number of nitro benzene ring substituents is 1. The van der Waals surface area contributed by atoms with Crippen LogP contribution in [0, 0.1) is 17.0 Å². The van der Waals surface area contributed by atoms with Crippen LogP contribution in [-0.4, -0.2) is 22.2 Å². The third kappa shape index (κ3) is 3.23. The number of nitrogens with zero attached hydrogens (tertiary/aromatic N) is 1. The Balaban J connectivity index is 2.18. The zero-order valence-corrected chi connectivity index (χ0v) is 11.1. The van der Waals surface area contributed by atoms with Crippen LogP contribution >= 0.6 is 0 Å². The lowest BCUT2D eigenvalue weighted by Crippen LogP contribution is -2.32. The molecule has 0 saturated heterocycles. The summed E-state index contributed by atoms with van der Waals surface area (Å²) in [6.07, 6.45) is 4.61. The van der Waals surface area contributed by atoms with Crippen LogP contribution in [-0.2, 0) is 0 Å². The molecule has 1 aliphatic carbocycles. The van der Waals surface area contributed by atoms with Gasteiger partial charge in [0.25, 0.3) is 5.69 Å². The predicted molar refractivity (Wildman–Crippen MR) is 74.3 cm³/mol. The Morgan fingerprint density at radius 1 is 1.32 bits per heavy atom. The fourth-order valence-corrected chi connectivity index (χ4v) is 2.63. The molecule has 1 aromatic carbocycles. The number of aliphatic hydroxyl groups excluding tert-OH is 1. The van der Waals surface area contributed by atoms with Gasteiger partial charge < -0.3 is 10.4 Å². The molecule has 5 nitrogen and oxygen atoms in total. The Morgan fingerprint density at radius 2 is 2.05 bits per heavy atom. The van der Waals surface area contributed by atoms with Crippen molar-refractivity contribution in [1.29, 1.82) is 0 Å². The lowest BCUT2D eigenvalue weighted by atomic mass is 10.0. The molecular formula is C14H20N2O3. The molecule has 1 saturated carbocycles. The Morgan fingerprint density at radius 3 is 2.79 bits per heavy atom. The van der Waals surface area contributed by atoms with Gasteiger partial charge in [0, 0.05) is 17.3 Å². The second-order valence-electron chi connectivity index (χ2n) is 5.16. The van der Waals surface area contributed by atoms with Gasteiger partial charge in [-0.3, -0.25) is 10.1 Å². The van der Waals surface area contributed by atoms with Gasteiger partial charge in [-0.2, -0.15) is 0 Å². The molecule has 1 aliphatic rings. The van der Waals surface area contributed by atoms with Crippen LogP contribution in [0.5, 0.6) is 0 Å². The molecule has 0 radical (unpaired) electrons. The molecule has 5 heteroatoms. The summed E-state index contributed by atoms with van der Waals surface area (Å²) in [5.41, 5.74) is 1.50. The summed E-state index contributed by atoms with van der Waals surface area (Å²) in [5, 5.41) is 24.3. The molecule has 1 fully saturated rings. The maximum absolute atomic E-state index is 10.9. The molecule has 2 N–H and O–H groups in total. The van der Waals surface area contributed by atoms with Crippen LogP contribution in [0.15, 0.2) is 18.2 Å². The number of nitro groups is 1. The average molecular weight is 264 g/mol. The van der Waals surface area contributed by atoms with Crippen molar-refractivity contribution in [3.8, 4) is 0 Å². The highest BCUT2D eigenvalue weighted by molar-refractivity contribution is 5.60. The fourth-order valence-electron chi connectivity index (χ4n) is 2.63. The van der Waals surface area contributed by atoms with Gasteiger partial charge in [-0.15, -0.1) is 0 Å². The molecular weight excluding hydrogens is 244 g/mol. The van der Waals surface area contributed by atoms with E-state index in [-0.39, 0.29) is 22.8 Å². The molecule has 2 unspecified atom stereocenters. The van der Waals surface area contributed by atoms with Crippen molar-refractivity contribution in [1.82, 2.24) is 0 Å². The summed E-state index contributed by atoms with van der Waals surface area (Å²) < 4.78 is 0. The van der Waals surface area contributed by atoms with E-state index >= 15 is 0 Å². The van der Waals surface area contributed by atoms with Gasteiger partial charge in [-0.1, -0.05) is 25.3 Å². The van der Waals surface area contributed by atoms with E-state index in [4.69, 9.17) is 0 Å². The second-order valence-corrected chi connectivity index (χ2v) is 5.16. The van der Waals surface area contributed by atoms with E-state index in [0.29, 0.717) is 5.56 Å². The molecule has 19 heavy (non-hydrogen) atoms. The van der Waals surface area contributed by atoms with Gasteiger partial charge in [0.1, 0.15) is 0 Å². The molecule has 0 bridgehead atoms. The monoisotopic (exact) mass is 264 g/mol. The van der Waals surface area contributed by atoms with Crippen LogP contribution in [0.4, 0.5) is 11.4 Å². The third-order valence-electron chi connectivity index (χ3n) is 3.82. The van der Waals surface area contributed by atoms with Crippen LogP contribution in [0.3, 0.4) is 0 Å². The van der Waals surface area contributed by atoms with Crippen molar-refractivity contribution >= 4 is 11.4 Å². The van der Waals surface area contributed by atoms with Gasteiger partial charge in [0.2, 0.25) is 0 Å². The minimum atomic E-state index is -0.374. The molecule has 2 rings (SSSR count). The van der Waals surface area contributed by atoms with Crippen molar-refractivity contribution < 1.29 is 10.0 Å². The van der Waals surface area contributed by atoms with Gasteiger partial charge in [-0.25, -0.2) is 0 Å². The molecule has 2 atom stereocenters. The average Bonchev–Trinajstić information content (AvgIpc) is 2.57. The van der Waals surface area contributed by atoms with Gasteiger partial charge in [0.15, 0.2) is 0 Å². The van der Waals surface area contributed by atoms with Gasteiger partial charge >= 0.3 is 0 Å². The third-order valence-corrected chi connectivity index (χ3v) is 3.82. The van der Waals surface area contributed by atoms with Crippen molar-refractivity contribution in [3.05, 3.63) is 33.9 Å². The van der Waals surface area contributed by atoms with Crippen molar-refractivity contribution in [3.63, 3.8) is 0 Å². The smallest absolute Gasteiger partial charge is 0.274 e. The van der Waals surface area contributed by atoms with Crippen molar-refractivity contribution in [2.45, 2.75) is 51.2 Å². The van der Waals surface area contributed by atoms with Gasteiger partial charge in [0.05, 0.1) is 17.1 Å². The number of nitrogens with one attached hydrogen (secondary N) is 1.